The Morgan fingerprint density at radius 1 is 1.32 bits per heavy atom. The molecule has 0 heterocycles. The van der Waals surface area contributed by atoms with Gasteiger partial charge in [-0.1, -0.05) is 12.1 Å². The van der Waals surface area contributed by atoms with Crippen molar-refractivity contribution in [3.05, 3.63) is 29.8 Å². The molecule has 1 aromatic rings. The summed E-state index contributed by atoms with van der Waals surface area (Å²) >= 11 is 0. The summed E-state index contributed by atoms with van der Waals surface area (Å²) in [6.45, 7) is 5.25. The Labute approximate surface area is 115 Å². The van der Waals surface area contributed by atoms with Gasteiger partial charge in [0.05, 0.1) is 11.5 Å². The van der Waals surface area contributed by atoms with Crippen LogP contribution in [0.5, 0.6) is 0 Å². The van der Waals surface area contributed by atoms with Gasteiger partial charge in [0.25, 0.3) is 0 Å². The molecular weight excluding hydrogens is 264 g/mol. The van der Waals surface area contributed by atoms with Crippen LogP contribution < -0.4 is 5.73 Å². The van der Waals surface area contributed by atoms with Crippen LogP contribution in [0.2, 0.25) is 0 Å². The highest BCUT2D eigenvalue weighted by molar-refractivity contribution is 7.89. The average Bonchev–Trinajstić information content (AvgIpc) is 2.35. The fourth-order valence-corrected chi connectivity index (χ4v) is 3.53. The first-order valence-corrected chi connectivity index (χ1v) is 7.73. The van der Waals surface area contributed by atoms with Crippen molar-refractivity contribution in [3.8, 4) is 0 Å². The van der Waals surface area contributed by atoms with Crippen LogP contribution in [0, 0.1) is 0 Å². The molecule has 1 aromatic carbocycles. The second-order valence-corrected chi connectivity index (χ2v) is 6.68. The SMILES string of the molecule is CC(N)c1cccc(S(=O)(=O)N(CCO)C(C)C)c1. The second kappa shape index (κ2) is 6.47. The van der Waals surface area contributed by atoms with E-state index < -0.39 is 10.0 Å². The van der Waals surface area contributed by atoms with Gasteiger partial charge < -0.3 is 10.8 Å². The summed E-state index contributed by atoms with van der Waals surface area (Å²) in [5, 5.41) is 9.01. The molecule has 0 aliphatic rings. The highest BCUT2D eigenvalue weighted by Gasteiger charge is 2.26. The third-order valence-electron chi connectivity index (χ3n) is 2.89. The summed E-state index contributed by atoms with van der Waals surface area (Å²) in [4.78, 5) is 0.212. The summed E-state index contributed by atoms with van der Waals surface area (Å²) in [5.41, 5.74) is 6.54. The topological polar surface area (TPSA) is 83.6 Å². The summed E-state index contributed by atoms with van der Waals surface area (Å²) in [6, 6.07) is 6.19. The third-order valence-corrected chi connectivity index (χ3v) is 4.96. The monoisotopic (exact) mass is 286 g/mol. The number of nitrogens with two attached hydrogens (primary N) is 1. The van der Waals surface area contributed by atoms with Crippen LogP contribution in [-0.2, 0) is 10.0 Å². The third kappa shape index (κ3) is 3.76. The molecule has 5 nitrogen and oxygen atoms in total. The molecule has 0 saturated heterocycles. The van der Waals surface area contributed by atoms with E-state index in [2.05, 4.69) is 0 Å². The van der Waals surface area contributed by atoms with Crippen molar-refractivity contribution in [2.24, 2.45) is 5.73 Å². The molecule has 1 atom stereocenters. The lowest BCUT2D eigenvalue weighted by Gasteiger charge is -2.25. The van der Waals surface area contributed by atoms with E-state index in [4.69, 9.17) is 10.8 Å². The van der Waals surface area contributed by atoms with E-state index in [1.54, 1.807) is 45.0 Å². The van der Waals surface area contributed by atoms with Crippen molar-refractivity contribution in [2.45, 2.75) is 37.8 Å². The number of nitrogens with zero attached hydrogens (tertiary/aromatic N) is 1. The minimum atomic E-state index is -3.60. The van der Waals surface area contributed by atoms with Crippen LogP contribution in [0.3, 0.4) is 0 Å². The Morgan fingerprint density at radius 2 is 1.95 bits per heavy atom. The van der Waals surface area contributed by atoms with Gasteiger partial charge in [0.15, 0.2) is 0 Å². The number of hydrogen-bond acceptors (Lipinski definition) is 4. The van der Waals surface area contributed by atoms with Gasteiger partial charge in [0, 0.05) is 18.6 Å². The Kier molecular flexibility index (Phi) is 5.49. The predicted molar refractivity (Wildman–Crippen MR) is 75.2 cm³/mol. The van der Waals surface area contributed by atoms with Gasteiger partial charge in [-0.05, 0) is 38.5 Å². The lowest BCUT2D eigenvalue weighted by molar-refractivity contribution is 0.236. The molecule has 1 rings (SSSR count). The van der Waals surface area contributed by atoms with Crippen molar-refractivity contribution in [2.75, 3.05) is 13.2 Å². The first-order chi connectivity index (χ1) is 8.80. The number of benzene rings is 1. The molecule has 0 aliphatic heterocycles. The van der Waals surface area contributed by atoms with Crippen LogP contribution in [0.4, 0.5) is 0 Å². The zero-order chi connectivity index (χ0) is 14.6. The summed E-state index contributed by atoms with van der Waals surface area (Å²) in [5.74, 6) is 0. The van der Waals surface area contributed by atoms with E-state index in [0.29, 0.717) is 0 Å². The van der Waals surface area contributed by atoms with Gasteiger partial charge in [-0.15, -0.1) is 0 Å². The first kappa shape index (κ1) is 16.1. The molecule has 19 heavy (non-hydrogen) atoms. The number of sulfonamides is 1. The molecule has 0 fully saturated rings. The van der Waals surface area contributed by atoms with Gasteiger partial charge in [-0.25, -0.2) is 8.42 Å². The molecule has 0 aliphatic carbocycles. The van der Waals surface area contributed by atoms with Crippen LogP contribution >= 0.6 is 0 Å². The number of hydrogen-bond donors (Lipinski definition) is 2. The molecule has 0 amide bonds. The molecule has 0 bridgehead atoms. The van der Waals surface area contributed by atoms with Gasteiger partial charge in [-0.3, -0.25) is 0 Å². The summed E-state index contributed by atoms with van der Waals surface area (Å²) in [7, 11) is -3.60. The van der Waals surface area contributed by atoms with E-state index >= 15 is 0 Å². The molecule has 0 saturated carbocycles. The number of aliphatic hydroxyl groups is 1. The molecule has 6 heteroatoms. The summed E-state index contributed by atoms with van der Waals surface area (Å²) in [6.07, 6.45) is 0. The molecule has 0 aromatic heterocycles. The van der Waals surface area contributed by atoms with Crippen LogP contribution in [-0.4, -0.2) is 37.0 Å². The van der Waals surface area contributed by atoms with E-state index in [0.717, 1.165) is 5.56 Å². The first-order valence-electron chi connectivity index (χ1n) is 6.29. The standard InChI is InChI=1S/C13H22N2O3S/c1-10(2)15(7-8-16)19(17,18)13-6-4-5-12(9-13)11(3)14/h4-6,9-11,16H,7-8,14H2,1-3H3. The maximum Gasteiger partial charge on any atom is 0.243 e. The zero-order valence-corrected chi connectivity index (χ0v) is 12.4. The van der Waals surface area contributed by atoms with Crippen molar-refractivity contribution >= 4 is 10.0 Å². The maximum absolute atomic E-state index is 12.5. The Bertz CT molecular complexity index is 512. The quantitative estimate of drug-likeness (QED) is 0.820. The molecule has 3 N–H and O–H groups in total. The Morgan fingerprint density at radius 3 is 2.42 bits per heavy atom. The smallest absolute Gasteiger partial charge is 0.243 e. The average molecular weight is 286 g/mol. The molecule has 108 valence electrons. The van der Waals surface area contributed by atoms with E-state index in [1.165, 1.54) is 4.31 Å². The lowest BCUT2D eigenvalue weighted by atomic mass is 10.1. The number of aliphatic hydroxyl groups excluding tert-OH is 1. The van der Waals surface area contributed by atoms with Gasteiger partial charge in [-0.2, -0.15) is 4.31 Å². The zero-order valence-electron chi connectivity index (χ0n) is 11.6. The second-order valence-electron chi connectivity index (χ2n) is 4.79. The molecule has 0 spiro atoms. The fraction of sp³-hybridized carbons (Fsp3) is 0.538. The molecule has 1 unspecified atom stereocenters. The van der Waals surface area contributed by atoms with Crippen molar-refractivity contribution < 1.29 is 13.5 Å². The van der Waals surface area contributed by atoms with Gasteiger partial charge >= 0.3 is 0 Å². The van der Waals surface area contributed by atoms with Gasteiger partial charge in [0.1, 0.15) is 0 Å². The minimum Gasteiger partial charge on any atom is -0.395 e. The molecular formula is C13H22N2O3S. The maximum atomic E-state index is 12.5. The van der Waals surface area contributed by atoms with E-state index in [1.807, 2.05) is 0 Å². The fourth-order valence-electron chi connectivity index (χ4n) is 1.85. The lowest BCUT2D eigenvalue weighted by Crippen LogP contribution is -2.39. The van der Waals surface area contributed by atoms with Crippen LogP contribution in [0.15, 0.2) is 29.2 Å². The minimum absolute atomic E-state index is 0.0857. The van der Waals surface area contributed by atoms with Crippen molar-refractivity contribution in [1.29, 1.82) is 0 Å². The number of rotatable bonds is 6. The Balaban J connectivity index is 3.21. The highest BCUT2D eigenvalue weighted by atomic mass is 32.2. The predicted octanol–water partition coefficient (Wildman–Crippen LogP) is 1.10. The van der Waals surface area contributed by atoms with E-state index in [9.17, 15) is 8.42 Å². The van der Waals surface area contributed by atoms with E-state index in [-0.39, 0.29) is 30.1 Å². The van der Waals surface area contributed by atoms with Crippen molar-refractivity contribution in [1.82, 2.24) is 4.31 Å². The normalized spacial score (nSPS) is 14.1. The highest BCUT2D eigenvalue weighted by Crippen LogP contribution is 2.21. The Hall–Kier alpha value is -0.950. The summed E-state index contributed by atoms with van der Waals surface area (Å²) < 4.78 is 26.3. The van der Waals surface area contributed by atoms with Crippen molar-refractivity contribution in [3.63, 3.8) is 0 Å². The van der Waals surface area contributed by atoms with Gasteiger partial charge in [0.2, 0.25) is 10.0 Å². The largest absolute Gasteiger partial charge is 0.395 e. The van der Waals surface area contributed by atoms with Crippen LogP contribution in [0.1, 0.15) is 32.4 Å². The molecule has 0 radical (unpaired) electrons. The van der Waals surface area contributed by atoms with Crippen LogP contribution in [0.25, 0.3) is 0 Å².